The zero-order valence-electron chi connectivity index (χ0n) is 26.4. The smallest absolute Gasteiger partial charge is 0.0561 e. The molecule has 0 amide bonds. The molecule has 0 bridgehead atoms. The molecule has 0 radical (unpaired) electrons. The Morgan fingerprint density at radius 1 is 0.362 bits per heavy atom. The highest BCUT2D eigenvalue weighted by atomic mass is 15.0. The summed E-state index contributed by atoms with van der Waals surface area (Å²) in [5.41, 5.74) is 15.1. The maximum absolute atomic E-state index is 2.44. The molecular weight excluding hydrogens is 569 g/mol. The molecule has 0 N–H and O–H groups in total. The van der Waals surface area contributed by atoms with Crippen LogP contribution in [-0.4, -0.2) is 9.13 Å². The standard InChI is InChI=1S/C45H32N2/c1-45(2)39-18-7-3-14-33(39)34-24-22-30(27-40(34)45)29-12-11-13-31(26-29)47-43-21-10-6-17-37(43)38-25-23-32(28-44(38)47)46-41-19-8-4-15-35(41)36-16-5-9-20-42(36)46/h3-28H,1-2H3. The zero-order valence-corrected chi connectivity index (χ0v) is 26.4. The van der Waals surface area contributed by atoms with Gasteiger partial charge in [-0.25, -0.2) is 0 Å². The van der Waals surface area contributed by atoms with E-state index in [9.17, 15) is 0 Å². The summed E-state index contributed by atoms with van der Waals surface area (Å²) in [5.74, 6) is 0. The van der Waals surface area contributed by atoms with Crippen molar-refractivity contribution in [2.75, 3.05) is 0 Å². The van der Waals surface area contributed by atoms with E-state index < -0.39 is 0 Å². The van der Waals surface area contributed by atoms with Gasteiger partial charge in [-0.3, -0.25) is 0 Å². The first-order valence-corrected chi connectivity index (χ1v) is 16.4. The first kappa shape index (κ1) is 26.4. The molecule has 1 aliphatic carbocycles. The predicted octanol–water partition coefficient (Wildman–Crippen LogP) is 11.9. The van der Waals surface area contributed by atoms with Gasteiger partial charge >= 0.3 is 0 Å². The molecule has 1 aliphatic rings. The molecule has 0 spiro atoms. The first-order chi connectivity index (χ1) is 23.1. The van der Waals surface area contributed by atoms with Gasteiger partial charge in [-0.15, -0.1) is 0 Å². The molecule has 47 heavy (non-hydrogen) atoms. The molecule has 10 rings (SSSR count). The van der Waals surface area contributed by atoms with E-state index in [1.54, 1.807) is 0 Å². The van der Waals surface area contributed by atoms with Crippen molar-refractivity contribution in [1.29, 1.82) is 0 Å². The first-order valence-electron chi connectivity index (χ1n) is 16.4. The van der Waals surface area contributed by atoms with Crippen LogP contribution in [0, 0.1) is 0 Å². The Balaban J connectivity index is 1.18. The third kappa shape index (κ3) is 3.67. The van der Waals surface area contributed by atoms with Crippen LogP contribution in [0.15, 0.2) is 158 Å². The fourth-order valence-corrected chi connectivity index (χ4v) is 8.29. The summed E-state index contributed by atoms with van der Waals surface area (Å²) >= 11 is 0. The van der Waals surface area contributed by atoms with Crippen molar-refractivity contribution >= 4 is 43.6 Å². The number of rotatable bonds is 3. The Morgan fingerprint density at radius 3 is 1.60 bits per heavy atom. The van der Waals surface area contributed by atoms with Gasteiger partial charge in [0, 0.05) is 38.3 Å². The van der Waals surface area contributed by atoms with Crippen molar-refractivity contribution in [3.05, 3.63) is 169 Å². The molecule has 0 saturated heterocycles. The fourth-order valence-electron chi connectivity index (χ4n) is 8.29. The zero-order chi connectivity index (χ0) is 31.3. The van der Waals surface area contributed by atoms with Crippen LogP contribution in [0.5, 0.6) is 0 Å². The Morgan fingerprint density at radius 2 is 0.894 bits per heavy atom. The number of fused-ring (bicyclic) bond motifs is 9. The lowest BCUT2D eigenvalue weighted by atomic mass is 9.81. The van der Waals surface area contributed by atoms with Crippen molar-refractivity contribution in [2.45, 2.75) is 19.3 Å². The van der Waals surface area contributed by atoms with Gasteiger partial charge < -0.3 is 9.13 Å². The minimum absolute atomic E-state index is 0.0322. The highest BCUT2D eigenvalue weighted by Crippen LogP contribution is 2.49. The van der Waals surface area contributed by atoms with E-state index in [0.717, 1.165) is 11.4 Å². The van der Waals surface area contributed by atoms with E-state index in [4.69, 9.17) is 0 Å². The number of benzene rings is 7. The predicted molar refractivity (Wildman–Crippen MR) is 198 cm³/mol. The Hall–Kier alpha value is -5.86. The molecular formula is C45H32N2. The number of hydrogen-bond donors (Lipinski definition) is 0. The topological polar surface area (TPSA) is 9.86 Å². The molecule has 0 fully saturated rings. The van der Waals surface area contributed by atoms with Crippen LogP contribution in [-0.2, 0) is 5.41 Å². The average molecular weight is 601 g/mol. The number of para-hydroxylation sites is 3. The maximum atomic E-state index is 2.44. The van der Waals surface area contributed by atoms with E-state index in [2.05, 4.69) is 181 Å². The van der Waals surface area contributed by atoms with Gasteiger partial charge in [0.05, 0.1) is 22.1 Å². The molecule has 0 unspecified atom stereocenters. The minimum Gasteiger partial charge on any atom is -0.309 e. The lowest BCUT2D eigenvalue weighted by Gasteiger charge is -2.22. The molecule has 2 heterocycles. The van der Waals surface area contributed by atoms with Gasteiger partial charge in [0.1, 0.15) is 0 Å². The second-order valence-corrected chi connectivity index (χ2v) is 13.4. The van der Waals surface area contributed by atoms with Gasteiger partial charge in [0.15, 0.2) is 0 Å². The van der Waals surface area contributed by atoms with Gasteiger partial charge in [-0.05, 0) is 81.9 Å². The lowest BCUT2D eigenvalue weighted by Crippen LogP contribution is -2.14. The van der Waals surface area contributed by atoms with Crippen LogP contribution >= 0.6 is 0 Å². The second kappa shape index (κ2) is 9.57. The van der Waals surface area contributed by atoms with Crippen molar-refractivity contribution < 1.29 is 0 Å². The van der Waals surface area contributed by atoms with Crippen LogP contribution in [0.2, 0.25) is 0 Å². The van der Waals surface area contributed by atoms with Crippen LogP contribution < -0.4 is 0 Å². The number of aromatic nitrogens is 2. The Bertz CT molecular complexity index is 2660. The van der Waals surface area contributed by atoms with Crippen molar-refractivity contribution in [1.82, 2.24) is 9.13 Å². The summed E-state index contributed by atoms with van der Waals surface area (Å²) < 4.78 is 4.85. The third-order valence-electron chi connectivity index (χ3n) is 10.5. The Labute approximate surface area is 273 Å². The number of hydrogen-bond acceptors (Lipinski definition) is 0. The van der Waals surface area contributed by atoms with Gasteiger partial charge in [-0.2, -0.15) is 0 Å². The SMILES string of the molecule is CC1(C)c2ccccc2-c2ccc(-c3cccc(-n4c5ccccc5c5ccc(-n6c7ccccc7c7ccccc76)cc54)c3)cc21. The maximum Gasteiger partial charge on any atom is 0.0561 e. The largest absolute Gasteiger partial charge is 0.309 e. The monoisotopic (exact) mass is 600 g/mol. The summed E-state index contributed by atoms with van der Waals surface area (Å²) in [6.07, 6.45) is 0. The normalized spacial score (nSPS) is 13.5. The van der Waals surface area contributed by atoms with Crippen LogP contribution in [0.25, 0.3) is 77.2 Å². The highest BCUT2D eigenvalue weighted by Gasteiger charge is 2.35. The molecule has 0 atom stereocenters. The fraction of sp³-hybridized carbons (Fsp3) is 0.0667. The lowest BCUT2D eigenvalue weighted by molar-refractivity contribution is 0.660. The van der Waals surface area contributed by atoms with E-state index in [0.29, 0.717) is 0 Å². The highest BCUT2D eigenvalue weighted by molar-refractivity contribution is 6.12. The quantitative estimate of drug-likeness (QED) is 0.191. The molecule has 2 nitrogen and oxygen atoms in total. The van der Waals surface area contributed by atoms with Gasteiger partial charge in [0.25, 0.3) is 0 Å². The van der Waals surface area contributed by atoms with Crippen molar-refractivity contribution in [3.63, 3.8) is 0 Å². The van der Waals surface area contributed by atoms with Crippen LogP contribution in [0.3, 0.4) is 0 Å². The van der Waals surface area contributed by atoms with E-state index in [1.165, 1.54) is 77.0 Å². The number of nitrogens with zero attached hydrogens (tertiary/aromatic N) is 2. The summed E-state index contributed by atoms with van der Waals surface area (Å²) in [6, 6.07) is 58.2. The third-order valence-corrected chi connectivity index (χ3v) is 10.5. The molecule has 222 valence electrons. The average Bonchev–Trinajstić information content (AvgIpc) is 3.71. The molecule has 2 aromatic heterocycles. The molecule has 2 heteroatoms. The summed E-state index contributed by atoms with van der Waals surface area (Å²) in [6.45, 7) is 4.70. The van der Waals surface area contributed by atoms with Crippen LogP contribution in [0.1, 0.15) is 25.0 Å². The summed E-state index contributed by atoms with van der Waals surface area (Å²) in [4.78, 5) is 0. The van der Waals surface area contributed by atoms with E-state index in [-0.39, 0.29) is 5.41 Å². The van der Waals surface area contributed by atoms with Gasteiger partial charge in [-0.1, -0.05) is 123 Å². The second-order valence-electron chi connectivity index (χ2n) is 13.4. The summed E-state index contributed by atoms with van der Waals surface area (Å²) in [7, 11) is 0. The Kier molecular flexibility index (Phi) is 5.37. The molecule has 7 aromatic carbocycles. The minimum atomic E-state index is -0.0322. The van der Waals surface area contributed by atoms with E-state index >= 15 is 0 Å². The van der Waals surface area contributed by atoms with Crippen molar-refractivity contribution in [2.24, 2.45) is 0 Å². The van der Waals surface area contributed by atoms with E-state index in [1.807, 2.05) is 0 Å². The van der Waals surface area contributed by atoms with Gasteiger partial charge in [0.2, 0.25) is 0 Å². The molecule has 0 aliphatic heterocycles. The molecule has 0 saturated carbocycles. The van der Waals surface area contributed by atoms with Crippen LogP contribution in [0.4, 0.5) is 0 Å². The summed E-state index contributed by atoms with van der Waals surface area (Å²) in [5, 5.41) is 5.07. The molecule has 9 aromatic rings. The van der Waals surface area contributed by atoms with Crippen molar-refractivity contribution in [3.8, 4) is 33.6 Å².